The summed E-state index contributed by atoms with van der Waals surface area (Å²) in [6.07, 6.45) is 0.891. The summed E-state index contributed by atoms with van der Waals surface area (Å²) in [6, 6.07) is 7.78. The first-order valence-corrected chi connectivity index (χ1v) is 8.95. The van der Waals surface area contributed by atoms with E-state index in [4.69, 9.17) is 0 Å². The lowest BCUT2D eigenvalue weighted by molar-refractivity contribution is 0.196. The highest BCUT2D eigenvalue weighted by atomic mass is 79.9. The molecule has 0 bridgehead atoms. The number of hydrogen-bond donors (Lipinski definition) is 1. The summed E-state index contributed by atoms with van der Waals surface area (Å²) in [5.41, 5.74) is 0. The first-order valence-electron chi connectivity index (χ1n) is 5.11. The van der Waals surface area contributed by atoms with Gasteiger partial charge in [0.05, 0.1) is 11.9 Å². The number of hydrogen-bond acceptors (Lipinski definition) is 4. The SMILES string of the molecule is CS(=O)(=O)CCC(O)CSc1ccc(Br)cc1. The van der Waals surface area contributed by atoms with E-state index in [1.807, 2.05) is 24.3 Å². The Morgan fingerprint density at radius 2 is 1.94 bits per heavy atom. The molecule has 0 fully saturated rings. The first-order chi connectivity index (χ1) is 7.87. The van der Waals surface area contributed by atoms with Crippen molar-refractivity contribution in [3.8, 4) is 0 Å². The van der Waals surface area contributed by atoms with Crippen molar-refractivity contribution in [3.05, 3.63) is 28.7 Å². The van der Waals surface area contributed by atoms with Gasteiger partial charge in [-0.3, -0.25) is 0 Å². The average molecular weight is 339 g/mol. The second-order valence-corrected chi connectivity index (χ2v) is 8.11. The minimum atomic E-state index is -2.98. The Balaban J connectivity index is 2.33. The number of halogens is 1. The maximum absolute atomic E-state index is 10.9. The lowest BCUT2D eigenvalue weighted by Crippen LogP contribution is -2.16. The van der Waals surface area contributed by atoms with Gasteiger partial charge < -0.3 is 5.11 Å². The van der Waals surface area contributed by atoms with Crippen LogP contribution in [0.4, 0.5) is 0 Å². The Morgan fingerprint density at radius 1 is 1.35 bits per heavy atom. The van der Waals surface area contributed by atoms with Crippen LogP contribution in [0, 0.1) is 0 Å². The van der Waals surface area contributed by atoms with Gasteiger partial charge in [0.1, 0.15) is 9.84 Å². The molecular weight excluding hydrogens is 324 g/mol. The van der Waals surface area contributed by atoms with Crippen molar-refractivity contribution < 1.29 is 13.5 Å². The van der Waals surface area contributed by atoms with E-state index in [0.717, 1.165) is 9.37 Å². The van der Waals surface area contributed by atoms with Gasteiger partial charge in [-0.05, 0) is 30.7 Å². The van der Waals surface area contributed by atoms with Gasteiger partial charge in [-0.25, -0.2) is 8.42 Å². The third kappa shape index (κ3) is 7.08. The highest BCUT2D eigenvalue weighted by Crippen LogP contribution is 2.21. The van der Waals surface area contributed by atoms with E-state index in [2.05, 4.69) is 15.9 Å². The van der Waals surface area contributed by atoms with Crippen LogP contribution < -0.4 is 0 Å². The second kappa shape index (κ2) is 6.78. The molecular formula is C11H15BrO3S2. The molecule has 0 spiro atoms. The zero-order valence-corrected chi connectivity index (χ0v) is 12.7. The largest absolute Gasteiger partial charge is 0.392 e. The number of aliphatic hydroxyl groups is 1. The predicted octanol–water partition coefficient (Wildman–Crippen LogP) is 2.34. The number of thioether (sulfide) groups is 1. The molecule has 0 saturated carbocycles. The first kappa shape index (κ1) is 15.0. The number of sulfone groups is 1. The van der Waals surface area contributed by atoms with E-state index < -0.39 is 15.9 Å². The van der Waals surface area contributed by atoms with Gasteiger partial charge in [0.15, 0.2) is 0 Å². The summed E-state index contributed by atoms with van der Waals surface area (Å²) >= 11 is 4.87. The molecule has 1 rings (SSSR count). The second-order valence-electron chi connectivity index (χ2n) is 3.84. The lowest BCUT2D eigenvalue weighted by atomic mass is 10.3. The van der Waals surface area contributed by atoms with E-state index in [-0.39, 0.29) is 5.75 Å². The van der Waals surface area contributed by atoms with Crippen LogP contribution >= 0.6 is 27.7 Å². The molecule has 0 radical (unpaired) electrons. The van der Waals surface area contributed by atoms with Crippen LogP contribution in [0.25, 0.3) is 0 Å². The molecule has 0 amide bonds. The van der Waals surface area contributed by atoms with E-state index in [0.29, 0.717) is 12.2 Å². The molecule has 0 heterocycles. The van der Waals surface area contributed by atoms with Gasteiger partial charge in [0.25, 0.3) is 0 Å². The van der Waals surface area contributed by atoms with Crippen LogP contribution in [0.5, 0.6) is 0 Å². The van der Waals surface area contributed by atoms with Crippen molar-refractivity contribution in [2.75, 3.05) is 17.8 Å². The fourth-order valence-electron chi connectivity index (χ4n) is 1.16. The maximum Gasteiger partial charge on any atom is 0.147 e. The summed E-state index contributed by atoms with van der Waals surface area (Å²) in [5, 5.41) is 9.63. The van der Waals surface area contributed by atoms with Gasteiger partial charge >= 0.3 is 0 Å². The Hall–Kier alpha value is -0.0400. The molecule has 17 heavy (non-hydrogen) atoms. The fraction of sp³-hybridized carbons (Fsp3) is 0.455. The quantitative estimate of drug-likeness (QED) is 0.809. The highest BCUT2D eigenvalue weighted by Gasteiger charge is 2.09. The summed E-state index contributed by atoms with van der Waals surface area (Å²) in [4.78, 5) is 1.06. The summed E-state index contributed by atoms with van der Waals surface area (Å²) in [7, 11) is -2.98. The normalized spacial score (nSPS) is 13.6. The molecule has 1 atom stereocenters. The molecule has 96 valence electrons. The van der Waals surface area contributed by atoms with Crippen LogP contribution in [0.15, 0.2) is 33.6 Å². The van der Waals surface area contributed by atoms with Crippen molar-refractivity contribution >= 4 is 37.5 Å². The van der Waals surface area contributed by atoms with Crippen LogP contribution in [-0.4, -0.2) is 37.4 Å². The van der Waals surface area contributed by atoms with E-state index >= 15 is 0 Å². The Kier molecular flexibility index (Phi) is 5.99. The van der Waals surface area contributed by atoms with Crippen molar-refractivity contribution in [3.63, 3.8) is 0 Å². The van der Waals surface area contributed by atoms with Crippen LogP contribution in [-0.2, 0) is 9.84 Å². The topological polar surface area (TPSA) is 54.4 Å². The van der Waals surface area contributed by atoms with Crippen LogP contribution in [0.3, 0.4) is 0 Å². The molecule has 0 saturated heterocycles. The Labute approximate surface area is 115 Å². The molecule has 3 nitrogen and oxygen atoms in total. The molecule has 1 aromatic rings. The minimum Gasteiger partial charge on any atom is -0.392 e. The third-order valence-electron chi connectivity index (χ3n) is 2.08. The zero-order valence-electron chi connectivity index (χ0n) is 9.47. The summed E-state index contributed by atoms with van der Waals surface area (Å²) in [6.45, 7) is 0. The third-order valence-corrected chi connectivity index (χ3v) is 4.74. The standard InChI is InChI=1S/C11H15BrO3S2/c1-17(14,15)7-6-10(13)8-16-11-4-2-9(12)3-5-11/h2-5,10,13H,6-8H2,1H3. The van der Waals surface area contributed by atoms with Crippen molar-refractivity contribution in [2.45, 2.75) is 17.4 Å². The molecule has 1 aromatic carbocycles. The Bertz CT molecular complexity index is 442. The monoisotopic (exact) mass is 338 g/mol. The molecule has 1 unspecified atom stereocenters. The van der Waals surface area contributed by atoms with Gasteiger partial charge in [0.2, 0.25) is 0 Å². The molecule has 6 heteroatoms. The maximum atomic E-state index is 10.9. The number of aliphatic hydroxyl groups excluding tert-OH is 1. The van der Waals surface area contributed by atoms with Gasteiger partial charge in [-0.1, -0.05) is 15.9 Å². The van der Waals surface area contributed by atoms with E-state index in [1.165, 1.54) is 18.0 Å². The van der Waals surface area contributed by atoms with Crippen LogP contribution in [0.2, 0.25) is 0 Å². The zero-order chi connectivity index (χ0) is 12.9. The van der Waals surface area contributed by atoms with E-state index in [1.54, 1.807) is 0 Å². The van der Waals surface area contributed by atoms with Crippen LogP contribution in [0.1, 0.15) is 6.42 Å². The molecule has 0 aliphatic carbocycles. The minimum absolute atomic E-state index is 0.0368. The number of benzene rings is 1. The summed E-state index contributed by atoms with van der Waals surface area (Å²) < 4.78 is 22.9. The van der Waals surface area contributed by atoms with Gasteiger partial charge in [0, 0.05) is 21.4 Å². The predicted molar refractivity (Wildman–Crippen MR) is 75.2 cm³/mol. The Morgan fingerprint density at radius 3 is 2.47 bits per heavy atom. The smallest absolute Gasteiger partial charge is 0.147 e. The van der Waals surface area contributed by atoms with Gasteiger partial charge in [-0.15, -0.1) is 11.8 Å². The lowest BCUT2D eigenvalue weighted by Gasteiger charge is -2.09. The number of rotatable bonds is 6. The average Bonchev–Trinajstić information content (AvgIpc) is 2.25. The molecule has 1 N–H and O–H groups in total. The van der Waals surface area contributed by atoms with Crippen molar-refractivity contribution in [1.29, 1.82) is 0 Å². The van der Waals surface area contributed by atoms with Crippen molar-refractivity contribution in [1.82, 2.24) is 0 Å². The highest BCUT2D eigenvalue weighted by molar-refractivity contribution is 9.10. The molecule has 0 aliphatic heterocycles. The van der Waals surface area contributed by atoms with Crippen molar-refractivity contribution in [2.24, 2.45) is 0 Å². The van der Waals surface area contributed by atoms with Gasteiger partial charge in [-0.2, -0.15) is 0 Å². The molecule has 0 aliphatic rings. The van der Waals surface area contributed by atoms with E-state index in [9.17, 15) is 13.5 Å². The summed E-state index contributed by atoms with van der Waals surface area (Å²) in [5.74, 6) is 0.548. The molecule has 0 aromatic heterocycles. The fourth-order valence-corrected chi connectivity index (χ4v) is 3.00.